The molecule has 1 aliphatic carbocycles. The molecule has 2 aromatic heterocycles. The predicted molar refractivity (Wildman–Crippen MR) is 187 cm³/mol. The molecule has 2 heterocycles. The molecule has 0 aliphatic heterocycles. The number of benzene rings is 5. The van der Waals surface area contributed by atoms with E-state index in [0.717, 1.165) is 79.5 Å². The zero-order chi connectivity index (χ0) is 30.9. The molecule has 0 spiro atoms. The number of furan rings is 1. The lowest BCUT2D eigenvalue weighted by Crippen LogP contribution is -2.03. The molecular weight excluding hydrogens is 566 g/mol. The van der Waals surface area contributed by atoms with Crippen molar-refractivity contribution < 1.29 is 4.42 Å². The van der Waals surface area contributed by atoms with Gasteiger partial charge in [0.2, 0.25) is 0 Å². The van der Waals surface area contributed by atoms with Crippen molar-refractivity contribution in [2.45, 2.75) is 12.8 Å². The molecular formula is C40H29N5O. The van der Waals surface area contributed by atoms with Crippen LogP contribution in [0.5, 0.6) is 0 Å². The van der Waals surface area contributed by atoms with Crippen LogP contribution in [0, 0.1) is 5.41 Å². The van der Waals surface area contributed by atoms with Crippen molar-refractivity contribution in [2.24, 2.45) is 0 Å². The Hall–Kier alpha value is -6.14. The van der Waals surface area contributed by atoms with Crippen LogP contribution in [0.3, 0.4) is 0 Å². The first-order valence-corrected chi connectivity index (χ1v) is 15.3. The molecule has 0 fully saturated rings. The average Bonchev–Trinajstić information content (AvgIpc) is 3.50. The van der Waals surface area contributed by atoms with Gasteiger partial charge in [-0.3, -0.25) is 0 Å². The van der Waals surface area contributed by atoms with Gasteiger partial charge in [-0.2, -0.15) is 0 Å². The van der Waals surface area contributed by atoms with Crippen molar-refractivity contribution in [3.05, 3.63) is 145 Å². The fourth-order valence-corrected chi connectivity index (χ4v) is 5.89. The van der Waals surface area contributed by atoms with Gasteiger partial charge >= 0.3 is 0 Å². The van der Waals surface area contributed by atoms with Crippen LogP contribution < -0.4 is 5.32 Å². The van der Waals surface area contributed by atoms with Crippen LogP contribution in [0.4, 0.5) is 11.4 Å². The molecule has 0 unspecified atom stereocenters. The number of hydrogen-bond donors (Lipinski definition) is 2. The second-order valence-electron chi connectivity index (χ2n) is 11.3. The van der Waals surface area contributed by atoms with E-state index in [-0.39, 0.29) is 0 Å². The average molecular weight is 596 g/mol. The quantitative estimate of drug-likeness (QED) is 0.179. The molecule has 5 aromatic carbocycles. The molecule has 0 saturated carbocycles. The molecule has 6 nitrogen and oxygen atoms in total. The van der Waals surface area contributed by atoms with Crippen LogP contribution in [0.1, 0.15) is 24.2 Å². The first-order chi connectivity index (χ1) is 22.7. The van der Waals surface area contributed by atoms with Crippen molar-refractivity contribution in [1.82, 2.24) is 15.0 Å². The maximum absolute atomic E-state index is 8.08. The summed E-state index contributed by atoms with van der Waals surface area (Å²) >= 11 is 0. The smallest absolute Gasteiger partial charge is 0.164 e. The van der Waals surface area contributed by atoms with E-state index < -0.39 is 0 Å². The highest BCUT2D eigenvalue weighted by molar-refractivity contribution is 6.07. The third-order valence-corrected chi connectivity index (χ3v) is 8.24. The highest BCUT2D eigenvalue weighted by atomic mass is 16.3. The van der Waals surface area contributed by atoms with Gasteiger partial charge in [-0.05, 0) is 72.5 Å². The second kappa shape index (κ2) is 11.7. The van der Waals surface area contributed by atoms with E-state index in [2.05, 4.69) is 53.9 Å². The van der Waals surface area contributed by atoms with Crippen LogP contribution in [-0.2, 0) is 0 Å². The molecule has 7 aromatic rings. The number of nitrogens with one attached hydrogen (secondary N) is 2. The van der Waals surface area contributed by atoms with Crippen LogP contribution in [-0.4, -0.2) is 21.2 Å². The van der Waals surface area contributed by atoms with Crippen LogP contribution >= 0.6 is 0 Å². The number of rotatable bonds is 7. The maximum atomic E-state index is 8.08. The summed E-state index contributed by atoms with van der Waals surface area (Å²) in [7, 11) is 0. The summed E-state index contributed by atoms with van der Waals surface area (Å²) in [6.07, 6.45) is 9.83. The van der Waals surface area contributed by atoms with E-state index in [4.69, 9.17) is 24.8 Å². The van der Waals surface area contributed by atoms with Gasteiger partial charge in [0.25, 0.3) is 0 Å². The molecule has 2 N–H and O–H groups in total. The Morgan fingerprint density at radius 1 is 0.609 bits per heavy atom. The number of anilines is 2. The molecule has 6 heteroatoms. The van der Waals surface area contributed by atoms with E-state index in [1.165, 1.54) is 6.21 Å². The molecule has 1 aliphatic rings. The number of hydrogen-bond acceptors (Lipinski definition) is 6. The second-order valence-corrected chi connectivity index (χ2v) is 11.3. The van der Waals surface area contributed by atoms with Gasteiger partial charge in [0.1, 0.15) is 11.2 Å². The molecule has 0 radical (unpaired) electrons. The lowest BCUT2D eigenvalue weighted by atomic mass is 10.0. The molecule has 0 atom stereocenters. The van der Waals surface area contributed by atoms with Gasteiger partial charge in [0.15, 0.2) is 17.5 Å². The minimum atomic E-state index is 0.614. The summed E-state index contributed by atoms with van der Waals surface area (Å²) in [6.45, 7) is 0. The van der Waals surface area contributed by atoms with Gasteiger partial charge in [0.05, 0.1) is 0 Å². The molecule has 220 valence electrons. The topological polar surface area (TPSA) is 87.7 Å². The summed E-state index contributed by atoms with van der Waals surface area (Å²) < 4.78 is 6.23. The lowest BCUT2D eigenvalue weighted by molar-refractivity contribution is 0.669. The highest BCUT2D eigenvalue weighted by Gasteiger charge is 2.16. The third-order valence-electron chi connectivity index (χ3n) is 8.24. The molecule has 0 saturated heterocycles. The standard InChI is InChI=1S/C40H29N5O/c41-25-31-22-29(26-10-4-1-5-11-26)16-19-35(31)42-32-18-21-37-34(24-32)33-23-30(17-20-36(33)46-37)40-44-38(27-12-6-2-7-13-27)43-39(45-40)28-14-8-3-9-15-28/h1-2,4-8,10-25,41-42H,3,9H2. The molecule has 0 bridgehead atoms. The van der Waals surface area contributed by atoms with Crippen LogP contribution in [0.15, 0.2) is 138 Å². The summed E-state index contributed by atoms with van der Waals surface area (Å²) in [5.41, 5.74) is 9.19. The maximum Gasteiger partial charge on any atom is 0.164 e. The lowest BCUT2D eigenvalue weighted by Gasteiger charge is -2.12. The Labute approximate surface area is 266 Å². The van der Waals surface area contributed by atoms with Crippen LogP contribution in [0.25, 0.3) is 61.4 Å². The zero-order valence-electron chi connectivity index (χ0n) is 24.9. The summed E-state index contributed by atoms with van der Waals surface area (Å²) in [4.78, 5) is 14.7. The Balaban J connectivity index is 1.18. The van der Waals surface area contributed by atoms with E-state index >= 15 is 0 Å². The summed E-state index contributed by atoms with van der Waals surface area (Å²) in [5, 5.41) is 13.6. The number of aromatic nitrogens is 3. The van der Waals surface area contributed by atoms with Gasteiger partial charge in [-0.1, -0.05) is 85.0 Å². The monoisotopic (exact) mass is 595 g/mol. The minimum Gasteiger partial charge on any atom is -0.456 e. The zero-order valence-corrected chi connectivity index (χ0v) is 24.9. The fraction of sp³-hybridized carbons (Fsp3) is 0.0500. The van der Waals surface area contributed by atoms with Gasteiger partial charge in [0, 0.05) is 50.6 Å². The molecule has 0 amide bonds. The Morgan fingerprint density at radius 3 is 2.02 bits per heavy atom. The Kier molecular flexibility index (Phi) is 7.00. The normalized spacial score (nSPS) is 12.7. The summed E-state index contributed by atoms with van der Waals surface area (Å²) in [5.74, 6) is 1.93. The van der Waals surface area contributed by atoms with Gasteiger partial charge in [-0.15, -0.1) is 0 Å². The van der Waals surface area contributed by atoms with Gasteiger partial charge < -0.3 is 15.1 Å². The van der Waals surface area contributed by atoms with E-state index in [1.807, 2.05) is 84.9 Å². The van der Waals surface area contributed by atoms with Crippen molar-refractivity contribution in [1.29, 1.82) is 5.41 Å². The van der Waals surface area contributed by atoms with Crippen LogP contribution in [0.2, 0.25) is 0 Å². The first kappa shape index (κ1) is 27.4. The fourth-order valence-electron chi connectivity index (χ4n) is 5.89. The van der Waals surface area contributed by atoms with E-state index in [1.54, 1.807) is 0 Å². The summed E-state index contributed by atoms with van der Waals surface area (Å²) in [6, 6.07) is 38.5. The highest BCUT2D eigenvalue weighted by Crippen LogP contribution is 2.35. The van der Waals surface area contributed by atoms with Gasteiger partial charge in [-0.25, -0.2) is 15.0 Å². The van der Waals surface area contributed by atoms with Crippen molar-refractivity contribution in [2.75, 3.05) is 5.32 Å². The Bertz CT molecular complexity index is 2300. The number of nitrogens with zero attached hydrogens (tertiary/aromatic N) is 3. The number of allylic oxidation sites excluding steroid dienone is 4. The van der Waals surface area contributed by atoms with Crippen molar-refractivity contribution in [3.8, 4) is 33.9 Å². The molecule has 46 heavy (non-hydrogen) atoms. The largest absolute Gasteiger partial charge is 0.456 e. The van der Waals surface area contributed by atoms with E-state index in [9.17, 15) is 0 Å². The first-order valence-electron chi connectivity index (χ1n) is 15.3. The SMILES string of the molecule is N=Cc1cc(-c2ccccc2)ccc1Nc1ccc2oc3ccc(-c4nc(C5=CCCC=C5)nc(-c5ccccc5)n4)cc3c2c1. The predicted octanol–water partition coefficient (Wildman–Crippen LogP) is 10.2. The minimum absolute atomic E-state index is 0.614. The van der Waals surface area contributed by atoms with Crippen molar-refractivity contribution >= 4 is 45.1 Å². The third kappa shape index (κ3) is 5.26. The van der Waals surface area contributed by atoms with Crippen molar-refractivity contribution in [3.63, 3.8) is 0 Å². The number of fused-ring (bicyclic) bond motifs is 3. The molecule has 8 rings (SSSR count). The Morgan fingerprint density at radius 2 is 1.28 bits per heavy atom. The van der Waals surface area contributed by atoms with E-state index in [0.29, 0.717) is 17.5 Å².